The quantitative estimate of drug-likeness (QED) is 0.262. The molecule has 2 aromatic carbocycles. The average Bonchev–Trinajstić information content (AvgIpc) is 3.39. The summed E-state index contributed by atoms with van der Waals surface area (Å²) in [5.74, 6) is 1.14. The number of amides is 1. The first-order valence-electron chi connectivity index (χ1n) is 10.9. The lowest BCUT2D eigenvalue weighted by atomic mass is 10.1. The molecule has 0 bridgehead atoms. The van der Waals surface area contributed by atoms with E-state index in [0.717, 1.165) is 21.8 Å². The zero-order chi connectivity index (χ0) is 24.6. The predicted molar refractivity (Wildman–Crippen MR) is 139 cm³/mol. The average molecular weight is 507 g/mol. The maximum atomic E-state index is 12.2. The number of aromatic nitrogens is 2. The van der Waals surface area contributed by atoms with Crippen LogP contribution in [0.15, 0.2) is 81.5 Å². The molecule has 0 saturated heterocycles. The van der Waals surface area contributed by atoms with Crippen molar-refractivity contribution in [1.29, 1.82) is 0 Å². The molecule has 4 rings (SSSR count). The van der Waals surface area contributed by atoms with Gasteiger partial charge in [-0.2, -0.15) is 4.98 Å². The highest BCUT2D eigenvalue weighted by molar-refractivity contribution is 7.75. The number of carbonyl (C=O) groups excluding carboxylic acids is 1. The van der Waals surface area contributed by atoms with Gasteiger partial charge in [-0.25, -0.2) is 9.78 Å². The molecule has 10 heteroatoms. The fourth-order valence-corrected chi connectivity index (χ4v) is 4.53. The monoisotopic (exact) mass is 506 g/mol. The molecular formula is C25H24N5O3S2-. The molecule has 0 spiro atoms. The number of benzene rings is 2. The van der Waals surface area contributed by atoms with Gasteiger partial charge in [-0.05, 0) is 43.0 Å². The van der Waals surface area contributed by atoms with Crippen LogP contribution in [-0.4, -0.2) is 22.7 Å². The largest absolute Gasteiger partial charge is 0.450 e. The molecule has 0 fully saturated rings. The van der Waals surface area contributed by atoms with Gasteiger partial charge in [-0.3, -0.25) is 4.36 Å². The summed E-state index contributed by atoms with van der Waals surface area (Å²) in [4.78, 5) is 22.1. The summed E-state index contributed by atoms with van der Waals surface area (Å²) in [5, 5.41) is 8.62. The van der Waals surface area contributed by atoms with Gasteiger partial charge in [0.05, 0.1) is 12.2 Å². The molecule has 0 aliphatic rings. The van der Waals surface area contributed by atoms with E-state index < -0.39 is 16.7 Å². The number of rotatable bonds is 8. The van der Waals surface area contributed by atoms with E-state index in [4.69, 9.17) is 9.72 Å². The third-order valence-corrected chi connectivity index (χ3v) is 6.79. The van der Waals surface area contributed by atoms with E-state index in [9.17, 15) is 9.00 Å². The van der Waals surface area contributed by atoms with E-state index in [1.165, 1.54) is 5.56 Å². The van der Waals surface area contributed by atoms with Crippen LogP contribution in [0.3, 0.4) is 0 Å². The molecule has 0 atom stereocenters. The minimum absolute atomic E-state index is 0.176. The third kappa shape index (κ3) is 6.65. The van der Waals surface area contributed by atoms with Crippen molar-refractivity contribution in [2.24, 2.45) is 4.36 Å². The fraction of sp³-hybridized carbons (Fsp3) is 0.160. The Morgan fingerprint density at radius 1 is 1.11 bits per heavy atom. The molecule has 0 radical (unpaired) electrons. The summed E-state index contributed by atoms with van der Waals surface area (Å²) in [6.45, 7) is 4.53. The van der Waals surface area contributed by atoms with Crippen molar-refractivity contribution in [2.45, 2.75) is 25.3 Å². The van der Waals surface area contributed by atoms with Crippen LogP contribution in [0.1, 0.15) is 18.1 Å². The van der Waals surface area contributed by atoms with Gasteiger partial charge in [-0.15, -0.1) is 21.9 Å². The number of carbonyl (C=O) groups is 1. The second-order valence-electron chi connectivity index (χ2n) is 7.46. The highest BCUT2D eigenvalue weighted by atomic mass is 32.2. The number of nitrogens with one attached hydrogen (secondary N) is 2. The molecule has 0 saturated carbocycles. The first-order chi connectivity index (χ1) is 17.0. The molecule has 0 unspecified atom stereocenters. The number of hydrogen-bond donors (Lipinski definition) is 2. The molecule has 35 heavy (non-hydrogen) atoms. The highest BCUT2D eigenvalue weighted by Crippen LogP contribution is 2.31. The normalized spacial score (nSPS) is 11.7. The third-order valence-electron chi connectivity index (χ3n) is 4.89. The van der Waals surface area contributed by atoms with Crippen LogP contribution in [0.4, 0.5) is 22.2 Å². The lowest BCUT2D eigenvalue weighted by Gasteiger charge is -2.13. The van der Waals surface area contributed by atoms with Crippen molar-refractivity contribution in [2.75, 3.05) is 17.2 Å². The van der Waals surface area contributed by atoms with Crippen molar-refractivity contribution in [3.8, 4) is 10.4 Å². The Labute approximate surface area is 209 Å². The predicted octanol–water partition coefficient (Wildman–Crippen LogP) is 6.53. The topological polar surface area (TPSA) is 106 Å². The summed E-state index contributed by atoms with van der Waals surface area (Å²) >= 11 is 1.62. The van der Waals surface area contributed by atoms with Crippen LogP contribution in [0, 0.1) is 6.92 Å². The van der Waals surface area contributed by atoms with Gasteiger partial charge in [0.2, 0.25) is 5.95 Å². The molecule has 180 valence electrons. The number of thiophene rings is 1. The Morgan fingerprint density at radius 2 is 1.89 bits per heavy atom. The molecule has 8 nitrogen and oxygen atoms in total. The molecule has 4 aromatic rings. The first kappa shape index (κ1) is 24.4. The summed E-state index contributed by atoms with van der Waals surface area (Å²) in [6.07, 6.45) is 0.943. The van der Waals surface area contributed by atoms with Gasteiger partial charge in [0.15, 0.2) is 0 Å². The molecule has 0 aliphatic carbocycles. The van der Waals surface area contributed by atoms with Crippen molar-refractivity contribution in [1.82, 2.24) is 9.97 Å². The Hall–Kier alpha value is -3.76. The van der Waals surface area contributed by atoms with Crippen molar-refractivity contribution in [3.05, 3.63) is 83.4 Å². The van der Waals surface area contributed by atoms with Crippen LogP contribution < -0.4 is 10.6 Å². The van der Waals surface area contributed by atoms with Gasteiger partial charge in [0.1, 0.15) is 5.82 Å². The number of ether oxygens (including phenoxy) is 1. The molecule has 2 heterocycles. The van der Waals surface area contributed by atoms with Crippen molar-refractivity contribution >= 4 is 45.5 Å². The lowest BCUT2D eigenvalue weighted by Crippen LogP contribution is -2.06. The van der Waals surface area contributed by atoms with Gasteiger partial charge < -0.3 is 19.6 Å². The van der Waals surface area contributed by atoms with Gasteiger partial charge in [0, 0.05) is 23.3 Å². The van der Waals surface area contributed by atoms with E-state index in [1.807, 2.05) is 17.5 Å². The summed E-state index contributed by atoms with van der Waals surface area (Å²) in [6, 6.07) is 19.1. The molecular weight excluding hydrogens is 482 g/mol. The van der Waals surface area contributed by atoms with E-state index in [1.54, 1.807) is 48.7 Å². The Bertz CT molecular complexity index is 1370. The van der Waals surface area contributed by atoms with Gasteiger partial charge in [-0.1, -0.05) is 52.9 Å². The van der Waals surface area contributed by atoms with Gasteiger partial charge >= 0.3 is 6.09 Å². The lowest BCUT2D eigenvalue weighted by molar-refractivity contribution is 0.164. The minimum atomic E-state index is -1.83. The SMILES string of the molecule is CCOC(=O)N=[S-](=O)c1ccc(Nc2ncc(-c3cccs3)c(NCc3ccc(C)cc3)n2)cc1. The van der Waals surface area contributed by atoms with Gasteiger partial charge in [0.25, 0.3) is 0 Å². The molecule has 1 amide bonds. The summed E-state index contributed by atoms with van der Waals surface area (Å²) in [7, 11) is -1.83. The zero-order valence-corrected chi connectivity index (χ0v) is 20.9. The zero-order valence-electron chi connectivity index (χ0n) is 19.2. The van der Waals surface area contributed by atoms with E-state index in [2.05, 4.69) is 51.2 Å². The van der Waals surface area contributed by atoms with Crippen LogP contribution in [0.2, 0.25) is 0 Å². The molecule has 0 aliphatic heterocycles. The second-order valence-corrected chi connectivity index (χ2v) is 9.56. The Morgan fingerprint density at radius 3 is 2.57 bits per heavy atom. The fourth-order valence-electron chi connectivity index (χ4n) is 3.13. The van der Waals surface area contributed by atoms with E-state index in [-0.39, 0.29) is 6.61 Å². The van der Waals surface area contributed by atoms with Crippen LogP contribution >= 0.6 is 11.3 Å². The first-order valence-corrected chi connectivity index (χ1v) is 12.9. The molecule has 2 aromatic heterocycles. The number of anilines is 3. The number of aryl methyl sites for hydroxylation is 1. The van der Waals surface area contributed by atoms with E-state index >= 15 is 0 Å². The maximum absolute atomic E-state index is 12.2. The number of nitrogens with zero attached hydrogens (tertiary/aromatic N) is 3. The van der Waals surface area contributed by atoms with E-state index in [0.29, 0.717) is 23.1 Å². The molecule has 2 N–H and O–H groups in total. The summed E-state index contributed by atoms with van der Waals surface area (Å²) < 4.78 is 20.4. The minimum Gasteiger partial charge on any atom is -0.450 e. The maximum Gasteiger partial charge on any atom is 0.410 e. The van der Waals surface area contributed by atoms with Crippen molar-refractivity contribution in [3.63, 3.8) is 0 Å². The number of hydrogen-bond acceptors (Lipinski definition) is 9. The van der Waals surface area contributed by atoms with Crippen LogP contribution in [0.5, 0.6) is 0 Å². The highest BCUT2D eigenvalue weighted by Gasteiger charge is 2.11. The van der Waals surface area contributed by atoms with Crippen LogP contribution in [0.25, 0.3) is 10.4 Å². The van der Waals surface area contributed by atoms with Crippen LogP contribution in [-0.2, 0) is 26.1 Å². The smallest absolute Gasteiger partial charge is 0.410 e. The standard InChI is InChI=1S/C25H24N5O3S2/c1-3-33-25(31)30-35(32)20-12-10-19(11-13-20)28-24-27-16-21(22-5-4-14-34-22)23(29-24)26-15-18-8-6-17(2)7-9-18/h4-14,16H,3,15H2,1-2H3,(H2,26,27,28,29)/q-1. The summed E-state index contributed by atoms with van der Waals surface area (Å²) in [5.41, 5.74) is 3.99. The second kappa shape index (κ2) is 11.6. The van der Waals surface area contributed by atoms with Crippen molar-refractivity contribution < 1.29 is 13.7 Å². The Balaban J connectivity index is 1.52. The Kier molecular flexibility index (Phi) is 8.07.